The van der Waals surface area contributed by atoms with E-state index in [9.17, 15) is 9.59 Å². The number of carbonyl (C=O) groups excluding carboxylic acids is 1. The van der Waals surface area contributed by atoms with Gasteiger partial charge in [-0.05, 0) is 83.9 Å². The molecule has 3 aromatic heterocycles. The number of carbonyl (C=O) groups is 2. The Hall–Kier alpha value is -5.17. The number of esters is 1. The van der Waals surface area contributed by atoms with Crippen LogP contribution in [-0.2, 0) is 0 Å². The lowest BCUT2D eigenvalue weighted by molar-refractivity contribution is 0.0696. The van der Waals surface area contributed by atoms with Gasteiger partial charge in [0.25, 0.3) is 0 Å². The largest absolute Gasteiger partial charge is 0.478 e. The molecular formula is C29H19N3O4. The summed E-state index contributed by atoms with van der Waals surface area (Å²) in [6.45, 7) is 0. The van der Waals surface area contributed by atoms with Crippen LogP contribution in [0, 0.1) is 0 Å². The van der Waals surface area contributed by atoms with E-state index < -0.39 is 11.9 Å². The van der Waals surface area contributed by atoms with E-state index in [0.717, 1.165) is 22.5 Å². The Balaban J connectivity index is 1.44. The summed E-state index contributed by atoms with van der Waals surface area (Å²) in [5, 5.41) is 9.00. The van der Waals surface area contributed by atoms with E-state index in [1.165, 1.54) is 24.3 Å². The predicted molar refractivity (Wildman–Crippen MR) is 134 cm³/mol. The SMILES string of the molecule is O=C(O)c1ccc(OC(=O)c2ccc(-c3cc(-c4ccccn4)nc(-c4ccccn4)c3)cc2)cc1. The molecule has 0 fully saturated rings. The van der Waals surface area contributed by atoms with Gasteiger partial charge in [-0.25, -0.2) is 14.6 Å². The van der Waals surface area contributed by atoms with Crippen LogP contribution in [0.15, 0.2) is 109 Å². The maximum absolute atomic E-state index is 12.6. The van der Waals surface area contributed by atoms with Crippen molar-refractivity contribution in [2.45, 2.75) is 0 Å². The van der Waals surface area contributed by atoms with Gasteiger partial charge in [-0.3, -0.25) is 9.97 Å². The fraction of sp³-hybridized carbons (Fsp3) is 0. The van der Waals surface area contributed by atoms with Gasteiger partial charge in [0.1, 0.15) is 5.75 Å². The van der Waals surface area contributed by atoms with Gasteiger partial charge < -0.3 is 9.84 Å². The lowest BCUT2D eigenvalue weighted by Gasteiger charge is -2.10. The Morgan fingerprint density at radius 1 is 0.611 bits per heavy atom. The molecule has 0 unspecified atom stereocenters. The minimum absolute atomic E-state index is 0.117. The molecule has 5 rings (SSSR count). The highest BCUT2D eigenvalue weighted by atomic mass is 16.5. The lowest BCUT2D eigenvalue weighted by atomic mass is 10.0. The first kappa shape index (κ1) is 22.6. The van der Waals surface area contributed by atoms with Crippen LogP contribution in [-0.4, -0.2) is 32.0 Å². The average molecular weight is 473 g/mol. The first-order chi connectivity index (χ1) is 17.6. The maximum atomic E-state index is 12.6. The molecule has 3 heterocycles. The average Bonchev–Trinajstić information content (AvgIpc) is 2.94. The second-order valence-electron chi connectivity index (χ2n) is 7.85. The van der Waals surface area contributed by atoms with Gasteiger partial charge in [0.05, 0.1) is 33.9 Å². The van der Waals surface area contributed by atoms with Crippen molar-refractivity contribution in [1.29, 1.82) is 0 Å². The number of rotatable bonds is 6. The molecule has 0 saturated carbocycles. The van der Waals surface area contributed by atoms with E-state index in [0.29, 0.717) is 17.0 Å². The molecule has 0 aliphatic heterocycles. The van der Waals surface area contributed by atoms with Gasteiger partial charge in [-0.2, -0.15) is 0 Å². The Bertz CT molecular complexity index is 1460. The van der Waals surface area contributed by atoms with Crippen LogP contribution in [0.25, 0.3) is 33.9 Å². The molecule has 2 aromatic carbocycles. The second kappa shape index (κ2) is 9.99. The number of benzene rings is 2. The molecule has 1 N–H and O–H groups in total. The molecule has 0 amide bonds. The van der Waals surface area contributed by atoms with Crippen molar-refractivity contribution in [3.05, 3.63) is 121 Å². The number of aromatic nitrogens is 3. The summed E-state index contributed by atoms with van der Waals surface area (Å²) >= 11 is 0. The van der Waals surface area contributed by atoms with Crippen LogP contribution in [0.1, 0.15) is 20.7 Å². The topological polar surface area (TPSA) is 102 Å². The van der Waals surface area contributed by atoms with Gasteiger partial charge in [0, 0.05) is 12.4 Å². The van der Waals surface area contributed by atoms with Crippen LogP contribution in [0.4, 0.5) is 0 Å². The molecule has 174 valence electrons. The zero-order valence-electron chi connectivity index (χ0n) is 18.9. The fourth-order valence-electron chi connectivity index (χ4n) is 3.62. The number of hydrogen-bond acceptors (Lipinski definition) is 6. The van der Waals surface area contributed by atoms with E-state index in [1.807, 2.05) is 60.7 Å². The Morgan fingerprint density at radius 3 is 1.67 bits per heavy atom. The quantitative estimate of drug-likeness (QED) is 0.246. The number of carboxylic acid groups (broad SMARTS) is 1. The van der Waals surface area contributed by atoms with E-state index >= 15 is 0 Å². The Morgan fingerprint density at radius 2 is 1.17 bits per heavy atom. The minimum Gasteiger partial charge on any atom is -0.478 e. The molecule has 5 aromatic rings. The summed E-state index contributed by atoms with van der Waals surface area (Å²) in [4.78, 5) is 37.2. The first-order valence-corrected chi connectivity index (χ1v) is 11.1. The minimum atomic E-state index is -1.04. The molecule has 7 heteroatoms. The maximum Gasteiger partial charge on any atom is 0.343 e. The number of pyridine rings is 3. The Kier molecular flexibility index (Phi) is 6.27. The van der Waals surface area contributed by atoms with Gasteiger partial charge in [0.2, 0.25) is 0 Å². The Labute approximate surface area is 206 Å². The number of hydrogen-bond donors (Lipinski definition) is 1. The van der Waals surface area contributed by atoms with Crippen LogP contribution in [0.5, 0.6) is 5.75 Å². The summed E-state index contributed by atoms with van der Waals surface area (Å²) in [6.07, 6.45) is 3.44. The highest BCUT2D eigenvalue weighted by molar-refractivity contribution is 5.92. The van der Waals surface area contributed by atoms with Crippen molar-refractivity contribution < 1.29 is 19.4 Å². The first-order valence-electron chi connectivity index (χ1n) is 11.1. The number of aromatic carboxylic acids is 1. The van der Waals surface area contributed by atoms with Crippen molar-refractivity contribution in [2.75, 3.05) is 0 Å². The van der Waals surface area contributed by atoms with E-state index in [4.69, 9.17) is 14.8 Å². The number of nitrogens with zero attached hydrogens (tertiary/aromatic N) is 3. The number of ether oxygens (including phenoxy) is 1. The molecule has 0 bridgehead atoms. The van der Waals surface area contributed by atoms with Crippen LogP contribution < -0.4 is 4.74 Å². The smallest absolute Gasteiger partial charge is 0.343 e. The van der Waals surface area contributed by atoms with Crippen LogP contribution >= 0.6 is 0 Å². The third kappa shape index (κ3) is 5.00. The monoisotopic (exact) mass is 473 g/mol. The summed E-state index contributed by atoms with van der Waals surface area (Å²) in [7, 11) is 0. The molecule has 0 atom stereocenters. The molecule has 0 aliphatic carbocycles. The molecule has 0 radical (unpaired) electrons. The van der Waals surface area contributed by atoms with E-state index in [1.54, 1.807) is 24.5 Å². The molecule has 0 saturated heterocycles. The van der Waals surface area contributed by atoms with Crippen molar-refractivity contribution >= 4 is 11.9 Å². The predicted octanol–water partition coefficient (Wildman–Crippen LogP) is 5.79. The summed E-state index contributed by atoms with van der Waals surface area (Å²) in [6, 6.07) is 27.9. The highest BCUT2D eigenvalue weighted by Crippen LogP contribution is 2.29. The van der Waals surface area contributed by atoms with Crippen molar-refractivity contribution in [3.8, 4) is 39.7 Å². The van der Waals surface area contributed by atoms with Crippen molar-refractivity contribution in [2.24, 2.45) is 0 Å². The lowest BCUT2D eigenvalue weighted by Crippen LogP contribution is -2.08. The fourth-order valence-corrected chi connectivity index (χ4v) is 3.62. The molecule has 0 spiro atoms. The summed E-state index contributed by atoms with van der Waals surface area (Å²) in [5.41, 5.74) is 5.17. The molecule has 7 nitrogen and oxygen atoms in total. The summed E-state index contributed by atoms with van der Waals surface area (Å²) < 4.78 is 5.38. The van der Waals surface area contributed by atoms with Gasteiger partial charge in [-0.15, -0.1) is 0 Å². The van der Waals surface area contributed by atoms with Crippen LogP contribution in [0.3, 0.4) is 0 Å². The standard InChI is InChI=1S/C29H19N3O4/c33-28(34)20-11-13-23(14-12-20)36-29(35)21-9-7-19(8-10-21)22-17-26(24-5-1-3-15-30-24)32-27(18-22)25-6-2-4-16-31-25/h1-18H,(H,33,34). The molecular weight excluding hydrogens is 454 g/mol. The normalized spacial score (nSPS) is 10.6. The van der Waals surface area contributed by atoms with Gasteiger partial charge >= 0.3 is 11.9 Å². The van der Waals surface area contributed by atoms with E-state index in [-0.39, 0.29) is 11.3 Å². The van der Waals surface area contributed by atoms with Crippen molar-refractivity contribution in [3.63, 3.8) is 0 Å². The molecule has 0 aliphatic rings. The van der Waals surface area contributed by atoms with Gasteiger partial charge in [-0.1, -0.05) is 24.3 Å². The van der Waals surface area contributed by atoms with Crippen molar-refractivity contribution in [1.82, 2.24) is 15.0 Å². The van der Waals surface area contributed by atoms with Crippen LogP contribution in [0.2, 0.25) is 0 Å². The zero-order chi connectivity index (χ0) is 24.9. The highest BCUT2D eigenvalue weighted by Gasteiger charge is 2.13. The van der Waals surface area contributed by atoms with Gasteiger partial charge in [0.15, 0.2) is 0 Å². The second-order valence-corrected chi connectivity index (χ2v) is 7.85. The zero-order valence-corrected chi connectivity index (χ0v) is 18.9. The number of carboxylic acids is 1. The third-order valence-corrected chi connectivity index (χ3v) is 5.45. The van der Waals surface area contributed by atoms with E-state index in [2.05, 4.69) is 9.97 Å². The molecule has 36 heavy (non-hydrogen) atoms. The third-order valence-electron chi connectivity index (χ3n) is 5.45. The summed E-state index contributed by atoms with van der Waals surface area (Å²) in [5.74, 6) is -1.32.